The molecule has 0 aliphatic heterocycles. The van der Waals surface area contributed by atoms with Crippen molar-refractivity contribution in [2.45, 2.75) is 24.0 Å². The molecule has 0 spiro atoms. The summed E-state index contributed by atoms with van der Waals surface area (Å²) in [6, 6.07) is 7.52. The van der Waals surface area contributed by atoms with Crippen LogP contribution >= 0.6 is 11.3 Å². The Bertz CT molecular complexity index is 608. The van der Waals surface area contributed by atoms with E-state index in [0.29, 0.717) is 0 Å². The summed E-state index contributed by atoms with van der Waals surface area (Å²) in [5, 5.41) is 0.264. The topological polar surface area (TPSA) is 47.0 Å². The van der Waals surface area contributed by atoms with Gasteiger partial charge in [-0.05, 0) is 12.1 Å². The van der Waals surface area contributed by atoms with Crippen LogP contribution in [0.3, 0.4) is 0 Å². The van der Waals surface area contributed by atoms with Crippen LogP contribution in [0.25, 0.3) is 10.2 Å². The molecule has 0 amide bonds. The van der Waals surface area contributed by atoms with Crippen molar-refractivity contribution >= 4 is 39.5 Å². The van der Waals surface area contributed by atoms with Crippen LogP contribution in [0.4, 0.5) is 0 Å². The lowest BCUT2D eigenvalue weighted by molar-refractivity contribution is 0.599. The molecule has 0 fully saturated rings. The Balaban J connectivity index is 2.46. The zero-order valence-corrected chi connectivity index (χ0v) is 12.7. The van der Waals surface area contributed by atoms with Crippen LogP contribution in [0.1, 0.15) is 0 Å². The highest BCUT2D eigenvalue weighted by Gasteiger charge is 2.27. The van der Waals surface area contributed by atoms with Crippen LogP contribution in [0, 0.1) is 0 Å². The Morgan fingerprint density at radius 2 is 1.88 bits per heavy atom. The van der Waals surface area contributed by atoms with Gasteiger partial charge in [0.05, 0.1) is 23.7 Å². The zero-order valence-electron chi connectivity index (χ0n) is 10.1. The lowest BCUT2D eigenvalue weighted by atomic mass is 10.3. The molecule has 2 rings (SSSR count). The predicted octanol–water partition coefficient (Wildman–Crippen LogP) is 2.95. The highest BCUT2D eigenvalue weighted by atomic mass is 32.2. The summed E-state index contributed by atoms with van der Waals surface area (Å²) in [5.74, 6) is 0. The fourth-order valence-corrected chi connectivity index (χ4v) is 8.91. The van der Waals surface area contributed by atoms with E-state index in [1.807, 2.05) is 24.3 Å². The van der Waals surface area contributed by atoms with Crippen molar-refractivity contribution in [3.8, 4) is 0 Å². The van der Waals surface area contributed by atoms with Crippen LogP contribution in [-0.2, 0) is 9.84 Å². The predicted molar refractivity (Wildman–Crippen MR) is 75.0 cm³/mol. The summed E-state index contributed by atoms with van der Waals surface area (Å²) < 4.78 is 25.6. The highest BCUT2D eigenvalue weighted by molar-refractivity contribution is 7.95. The van der Waals surface area contributed by atoms with Gasteiger partial charge < -0.3 is 0 Å². The van der Waals surface area contributed by atoms with Gasteiger partial charge >= 0.3 is 0 Å². The van der Waals surface area contributed by atoms with Gasteiger partial charge in [-0.25, -0.2) is 13.4 Å². The highest BCUT2D eigenvalue weighted by Crippen LogP contribution is 2.26. The molecule has 1 aromatic heterocycles. The smallest absolute Gasteiger partial charge is 0.210 e. The Kier molecular flexibility index (Phi) is 3.13. The summed E-state index contributed by atoms with van der Waals surface area (Å²) in [7, 11) is -4.86. The molecule has 0 N–H and O–H groups in total. The first-order valence-corrected chi connectivity index (χ1v) is 11.5. The van der Waals surface area contributed by atoms with Crippen LogP contribution in [0.2, 0.25) is 19.6 Å². The summed E-state index contributed by atoms with van der Waals surface area (Å²) in [6.45, 7) is 6.16. The number of sulfone groups is 1. The molecule has 1 heterocycles. The average Bonchev–Trinajstić information content (AvgIpc) is 2.57. The van der Waals surface area contributed by atoms with E-state index in [-0.39, 0.29) is 9.72 Å². The van der Waals surface area contributed by atoms with Crippen molar-refractivity contribution in [1.29, 1.82) is 0 Å². The van der Waals surface area contributed by atoms with E-state index in [2.05, 4.69) is 24.6 Å². The molecule has 0 bridgehead atoms. The molecule has 0 radical (unpaired) electrons. The number of aromatic nitrogens is 1. The van der Waals surface area contributed by atoms with Gasteiger partial charge in [0.25, 0.3) is 0 Å². The summed E-state index contributed by atoms with van der Waals surface area (Å²) in [5.41, 5.74) is 0.770. The monoisotopic (exact) mass is 285 g/mol. The third kappa shape index (κ3) is 2.94. The second-order valence-electron chi connectivity index (χ2n) is 5.27. The molecule has 0 saturated heterocycles. The molecule has 0 aliphatic carbocycles. The van der Waals surface area contributed by atoms with Gasteiger partial charge in [-0.1, -0.05) is 31.8 Å². The third-order valence-corrected chi connectivity index (χ3v) is 9.61. The number of nitrogens with zero attached hydrogens (tertiary/aromatic N) is 1. The lowest BCUT2D eigenvalue weighted by Gasteiger charge is -2.13. The summed E-state index contributed by atoms with van der Waals surface area (Å²) in [6.07, 6.45) is 0. The Morgan fingerprint density at radius 1 is 1.24 bits per heavy atom. The third-order valence-electron chi connectivity index (χ3n) is 2.16. The van der Waals surface area contributed by atoms with Crippen LogP contribution in [-0.4, -0.2) is 26.9 Å². The SMILES string of the molecule is C[Si](C)(C)CS(=O)(=O)c1nc2ccccc2s1. The molecule has 0 saturated carbocycles. The normalized spacial score (nSPS) is 13.1. The Morgan fingerprint density at radius 3 is 2.47 bits per heavy atom. The van der Waals surface area contributed by atoms with Crippen molar-refractivity contribution < 1.29 is 8.42 Å². The number of benzene rings is 1. The van der Waals surface area contributed by atoms with Crippen molar-refractivity contribution in [1.82, 2.24) is 4.98 Å². The Hall–Kier alpha value is -0.723. The molecule has 2 aromatic rings. The maximum absolute atomic E-state index is 12.2. The number of fused-ring (bicyclic) bond motifs is 1. The van der Waals surface area contributed by atoms with Crippen LogP contribution in [0.15, 0.2) is 28.6 Å². The molecule has 1 aromatic carbocycles. The molecule has 3 nitrogen and oxygen atoms in total. The first kappa shape index (κ1) is 12.7. The van der Waals surface area contributed by atoms with E-state index in [0.717, 1.165) is 10.2 Å². The first-order chi connectivity index (χ1) is 7.78. The van der Waals surface area contributed by atoms with Gasteiger partial charge in [-0.15, -0.1) is 11.3 Å². The van der Waals surface area contributed by atoms with E-state index in [4.69, 9.17) is 0 Å². The average molecular weight is 285 g/mol. The fourth-order valence-electron chi connectivity index (χ4n) is 1.62. The first-order valence-electron chi connectivity index (χ1n) is 5.36. The van der Waals surface area contributed by atoms with E-state index >= 15 is 0 Å². The van der Waals surface area contributed by atoms with Crippen molar-refractivity contribution in [2.24, 2.45) is 0 Å². The fraction of sp³-hybridized carbons (Fsp3) is 0.364. The minimum Gasteiger partial charge on any atom is -0.225 e. The standard InChI is InChI=1S/C11H15NO2S2Si/c1-17(2,3)8-16(13,14)11-12-9-6-4-5-7-10(9)15-11/h4-7H,8H2,1-3H3. The van der Waals surface area contributed by atoms with Gasteiger partial charge in [0.15, 0.2) is 0 Å². The van der Waals surface area contributed by atoms with Gasteiger partial charge in [-0.2, -0.15) is 0 Å². The minimum absolute atomic E-state index is 0.264. The number of para-hydroxylation sites is 1. The molecule has 0 aliphatic rings. The zero-order chi connectivity index (χ0) is 12.7. The quantitative estimate of drug-likeness (QED) is 0.815. The van der Waals surface area contributed by atoms with Crippen molar-refractivity contribution in [2.75, 3.05) is 5.38 Å². The second kappa shape index (κ2) is 4.19. The van der Waals surface area contributed by atoms with Crippen LogP contribution < -0.4 is 0 Å². The molecule has 17 heavy (non-hydrogen) atoms. The maximum atomic E-state index is 12.2. The van der Waals surface area contributed by atoms with E-state index in [1.165, 1.54) is 11.3 Å². The van der Waals surface area contributed by atoms with Crippen molar-refractivity contribution in [3.05, 3.63) is 24.3 Å². The minimum atomic E-state index is -3.21. The second-order valence-corrected chi connectivity index (χ2v) is 14.4. The van der Waals surface area contributed by atoms with Gasteiger partial charge in [-0.3, -0.25) is 0 Å². The van der Waals surface area contributed by atoms with Gasteiger partial charge in [0.2, 0.25) is 14.2 Å². The largest absolute Gasteiger partial charge is 0.225 e. The molecule has 0 atom stereocenters. The van der Waals surface area contributed by atoms with Crippen molar-refractivity contribution in [3.63, 3.8) is 0 Å². The molecular formula is C11H15NO2S2Si. The maximum Gasteiger partial charge on any atom is 0.210 e. The number of hydrogen-bond acceptors (Lipinski definition) is 4. The number of hydrogen-bond donors (Lipinski definition) is 0. The molecule has 0 unspecified atom stereocenters. The summed E-state index contributed by atoms with van der Waals surface area (Å²) in [4.78, 5) is 4.22. The lowest BCUT2D eigenvalue weighted by Crippen LogP contribution is -2.32. The number of thiazole rings is 1. The number of rotatable bonds is 3. The molecular weight excluding hydrogens is 270 g/mol. The molecule has 6 heteroatoms. The summed E-state index contributed by atoms with van der Waals surface area (Å²) >= 11 is 1.27. The Labute approximate surface area is 106 Å². The van der Waals surface area contributed by atoms with Gasteiger partial charge in [0.1, 0.15) is 0 Å². The van der Waals surface area contributed by atoms with Gasteiger partial charge in [0, 0.05) is 0 Å². The van der Waals surface area contributed by atoms with E-state index < -0.39 is 17.9 Å². The molecule has 92 valence electrons. The van der Waals surface area contributed by atoms with E-state index in [1.54, 1.807) is 0 Å². The van der Waals surface area contributed by atoms with E-state index in [9.17, 15) is 8.42 Å². The van der Waals surface area contributed by atoms with Crippen LogP contribution in [0.5, 0.6) is 0 Å².